The van der Waals surface area contributed by atoms with Crippen LogP contribution in [0.15, 0.2) is 18.2 Å². The number of hydrogen-bond donors (Lipinski definition) is 1. The fourth-order valence-electron chi connectivity index (χ4n) is 1.58. The third-order valence-electron chi connectivity index (χ3n) is 2.52. The topological polar surface area (TPSA) is 35.2 Å². The fourth-order valence-corrected chi connectivity index (χ4v) is 1.69. The highest BCUT2D eigenvalue weighted by molar-refractivity contribution is 6.30. The molecule has 2 unspecified atom stereocenters. The zero-order chi connectivity index (χ0) is 12.1. The van der Waals surface area contributed by atoms with Crippen LogP contribution >= 0.6 is 11.6 Å². The van der Waals surface area contributed by atoms with E-state index in [0.717, 1.165) is 12.0 Å². The Morgan fingerprint density at radius 1 is 1.50 bits per heavy atom. The molecule has 0 amide bonds. The summed E-state index contributed by atoms with van der Waals surface area (Å²) in [4.78, 5) is 0. The third-order valence-corrected chi connectivity index (χ3v) is 2.83. The summed E-state index contributed by atoms with van der Waals surface area (Å²) >= 11 is 5.60. The second kappa shape index (κ2) is 6.18. The van der Waals surface area contributed by atoms with Crippen LogP contribution in [-0.4, -0.2) is 19.3 Å². The number of methoxy groups -OCH3 is 1. The number of nitrogens with two attached hydrogens (primary N) is 1. The number of hydrogen-bond acceptors (Lipinski definition) is 2. The summed E-state index contributed by atoms with van der Waals surface area (Å²) in [6, 6.07) is 4.75. The molecule has 0 heterocycles. The minimum atomic E-state index is -0.397. The Kier molecular flexibility index (Phi) is 5.19. The van der Waals surface area contributed by atoms with Crippen molar-refractivity contribution < 1.29 is 9.13 Å². The molecule has 2 N–H and O–H groups in total. The summed E-state index contributed by atoms with van der Waals surface area (Å²) in [5.41, 5.74) is 6.79. The van der Waals surface area contributed by atoms with E-state index < -0.39 is 5.82 Å². The van der Waals surface area contributed by atoms with Crippen LogP contribution in [-0.2, 0) is 11.2 Å². The highest BCUT2D eigenvalue weighted by Gasteiger charge is 2.10. The highest BCUT2D eigenvalue weighted by Crippen LogP contribution is 2.17. The van der Waals surface area contributed by atoms with Gasteiger partial charge in [0.05, 0.1) is 11.1 Å². The first-order valence-electron chi connectivity index (χ1n) is 5.25. The van der Waals surface area contributed by atoms with Crippen LogP contribution in [0.25, 0.3) is 0 Å². The number of ether oxygens (including phenoxy) is 1. The van der Waals surface area contributed by atoms with E-state index >= 15 is 0 Å². The number of benzene rings is 1. The first kappa shape index (κ1) is 13.4. The first-order valence-corrected chi connectivity index (χ1v) is 5.63. The van der Waals surface area contributed by atoms with E-state index in [9.17, 15) is 4.39 Å². The van der Waals surface area contributed by atoms with Gasteiger partial charge in [-0.15, -0.1) is 0 Å². The van der Waals surface area contributed by atoms with Gasteiger partial charge in [0.1, 0.15) is 5.82 Å². The van der Waals surface area contributed by atoms with Gasteiger partial charge in [-0.3, -0.25) is 0 Å². The van der Waals surface area contributed by atoms with Crippen LogP contribution in [0.5, 0.6) is 0 Å². The predicted molar refractivity (Wildman–Crippen MR) is 64.2 cm³/mol. The molecule has 4 heteroatoms. The zero-order valence-corrected chi connectivity index (χ0v) is 10.3. The molecule has 0 saturated heterocycles. The monoisotopic (exact) mass is 245 g/mol. The smallest absolute Gasteiger partial charge is 0.142 e. The van der Waals surface area contributed by atoms with Gasteiger partial charge in [-0.05, 0) is 37.5 Å². The van der Waals surface area contributed by atoms with Gasteiger partial charge in [-0.25, -0.2) is 4.39 Å². The quantitative estimate of drug-likeness (QED) is 0.866. The molecule has 1 aromatic carbocycles. The Balaban J connectivity index is 2.56. The maximum atomic E-state index is 13.2. The summed E-state index contributed by atoms with van der Waals surface area (Å²) < 4.78 is 18.3. The van der Waals surface area contributed by atoms with Gasteiger partial charge in [-0.2, -0.15) is 0 Å². The fraction of sp³-hybridized carbons (Fsp3) is 0.500. The van der Waals surface area contributed by atoms with Crippen LogP contribution in [0, 0.1) is 5.82 Å². The molecular weight excluding hydrogens is 229 g/mol. The third kappa shape index (κ3) is 4.08. The SMILES string of the molecule is COC(C)CC(N)Cc1ccc(Cl)c(F)c1. The summed E-state index contributed by atoms with van der Waals surface area (Å²) in [6.45, 7) is 1.96. The maximum Gasteiger partial charge on any atom is 0.142 e. The highest BCUT2D eigenvalue weighted by atomic mass is 35.5. The van der Waals surface area contributed by atoms with E-state index in [4.69, 9.17) is 22.1 Å². The van der Waals surface area contributed by atoms with Gasteiger partial charge in [0.15, 0.2) is 0 Å². The lowest BCUT2D eigenvalue weighted by atomic mass is 10.0. The van der Waals surface area contributed by atoms with Crippen molar-refractivity contribution in [2.45, 2.75) is 31.9 Å². The van der Waals surface area contributed by atoms with Crippen molar-refractivity contribution in [2.75, 3.05) is 7.11 Å². The van der Waals surface area contributed by atoms with E-state index in [1.165, 1.54) is 6.07 Å². The largest absolute Gasteiger partial charge is 0.382 e. The molecule has 0 fully saturated rings. The molecular formula is C12H17ClFNO. The molecule has 0 aliphatic carbocycles. The Morgan fingerprint density at radius 3 is 2.75 bits per heavy atom. The average Bonchev–Trinajstić information content (AvgIpc) is 2.23. The van der Waals surface area contributed by atoms with Gasteiger partial charge < -0.3 is 10.5 Å². The molecule has 1 rings (SSSR count). The lowest BCUT2D eigenvalue weighted by Crippen LogP contribution is -2.27. The standard InChI is InChI=1S/C12H17ClFNO/c1-8(16-2)5-10(15)6-9-3-4-11(13)12(14)7-9/h3-4,7-8,10H,5-6,15H2,1-2H3. The minimum absolute atomic E-state index is 0.0319. The van der Waals surface area contributed by atoms with Gasteiger partial charge >= 0.3 is 0 Å². The van der Waals surface area contributed by atoms with E-state index in [0.29, 0.717) is 6.42 Å². The van der Waals surface area contributed by atoms with Crippen LogP contribution in [0.3, 0.4) is 0 Å². The maximum absolute atomic E-state index is 13.2. The van der Waals surface area contributed by atoms with Gasteiger partial charge in [0.2, 0.25) is 0 Å². The Morgan fingerprint density at radius 2 is 2.19 bits per heavy atom. The lowest BCUT2D eigenvalue weighted by Gasteiger charge is -2.16. The summed E-state index contributed by atoms with van der Waals surface area (Å²) in [7, 11) is 1.65. The molecule has 0 aromatic heterocycles. The van der Waals surface area contributed by atoms with Gasteiger partial charge in [-0.1, -0.05) is 17.7 Å². The summed E-state index contributed by atoms with van der Waals surface area (Å²) in [6.07, 6.45) is 1.50. The molecule has 2 nitrogen and oxygen atoms in total. The predicted octanol–water partition coefficient (Wildman–Crippen LogP) is 2.77. The molecule has 0 radical (unpaired) electrons. The van der Waals surface area contributed by atoms with Gasteiger partial charge in [0, 0.05) is 13.2 Å². The Bertz CT molecular complexity index is 346. The molecule has 16 heavy (non-hydrogen) atoms. The van der Waals surface area contributed by atoms with Gasteiger partial charge in [0.25, 0.3) is 0 Å². The van der Waals surface area contributed by atoms with Crippen molar-refractivity contribution in [3.05, 3.63) is 34.6 Å². The van der Waals surface area contributed by atoms with E-state index in [1.54, 1.807) is 19.2 Å². The van der Waals surface area contributed by atoms with Crippen molar-refractivity contribution in [2.24, 2.45) is 5.73 Å². The molecule has 0 aliphatic rings. The molecule has 2 atom stereocenters. The first-order chi connectivity index (χ1) is 7.52. The second-order valence-electron chi connectivity index (χ2n) is 3.99. The van der Waals surface area contributed by atoms with E-state index in [1.807, 2.05) is 6.92 Å². The molecule has 0 spiro atoms. The van der Waals surface area contributed by atoms with Crippen molar-refractivity contribution in [1.82, 2.24) is 0 Å². The van der Waals surface area contributed by atoms with Crippen LogP contribution < -0.4 is 5.73 Å². The Hall–Kier alpha value is -0.640. The normalized spacial score (nSPS) is 14.8. The molecule has 1 aromatic rings. The average molecular weight is 246 g/mol. The van der Waals surface area contributed by atoms with Crippen LogP contribution in [0.1, 0.15) is 18.9 Å². The van der Waals surface area contributed by atoms with Crippen LogP contribution in [0.4, 0.5) is 4.39 Å². The second-order valence-corrected chi connectivity index (χ2v) is 4.40. The zero-order valence-electron chi connectivity index (χ0n) is 9.54. The van der Waals surface area contributed by atoms with Crippen molar-refractivity contribution in [1.29, 1.82) is 0 Å². The molecule has 90 valence electrons. The Labute approximate surface area is 101 Å². The summed E-state index contributed by atoms with van der Waals surface area (Å²) in [5.74, 6) is -0.397. The van der Waals surface area contributed by atoms with Crippen molar-refractivity contribution in [3.63, 3.8) is 0 Å². The molecule has 0 aliphatic heterocycles. The summed E-state index contributed by atoms with van der Waals surface area (Å²) in [5, 5.41) is 0.141. The number of rotatable bonds is 5. The van der Waals surface area contributed by atoms with Crippen molar-refractivity contribution in [3.8, 4) is 0 Å². The number of halogens is 2. The van der Waals surface area contributed by atoms with Crippen molar-refractivity contribution >= 4 is 11.6 Å². The minimum Gasteiger partial charge on any atom is -0.382 e. The molecule has 0 bridgehead atoms. The van der Waals surface area contributed by atoms with E-state index in [2.05, 4.69) is 0 Å². The van der Waals surface area contributed by atoms with E-state index in [-0.39, 0.29) is 17.2 Å². The lowest BCUT2D eigenvalue weighted by molar-refractivity contribution is 0.104. The molecule has 0 saturated carbocycles. The van der Waals surface area contributed by atoms with Crippen LogP contribution in [0.2, 0.25) is 5.02 Å².